The molecule has 0 aliphatic carbocycles. The molecular formula is C22H28N4O3. The van der Waals surface area contributed by atoms with E-state index in [9.17, 15) is 14.4 Å². The largest absolute Gasteiger partial charge is 0.330 e. The van der Waals surface area contributed by atoms with Crippen LogP contribution in [0.1, 0.15) is 50.8 Å². The van der Waals surface area contributed by atoms with Gasteiger partial charge in [-0.15, -0.1) is 0 Å². The normalized spacial score (nSPS) is 11.2. The van der Waals surface area contributed by atoms with Crippen LogP contribution in [0.5, 0.6) is 0 Å². The molecule has 0 saturated heterocycles. The number of hydrogen-bond donors (Lipinski definition) is 1. The molecule has 0 fully saturated rings. The number of aromatic nitrogens is 4. The van der Waals surface area contributed by atoms with Crippen LogP contribution in [0.4, 0.5) is 0 Å². The van der Waals surface area contributed by atoms with Crippen molar-refractivity contribution in [1.29, 1.82) is 0 Å². The number of aromatic amines is 1. The van der Waals surface area contributed by atoms with Crippen LogP contribution in [0.3, 0.4) is 0 Å². The Bertz CT molecular complexity index is 1140. The summed E-state index contributed by atoms with van der Waals surface area (Å²) in [6.45, 7) is 4.96. The Kier molecular flexibility index (Phi) is 6.80. The number of benzene rings is 1. The first-order valence-corrected chi connectivity index (χ1v) is 10.4. The highest BCUT2D eigenvalue weighted by Crippen LogP contribution is 2.09. The van der Waals surface area contributed by atoms with Gasteiger partial charge in [0.15, 0.2) is 11.2 Å². The Morgan fingerprint density at radius 2 is 1.55 bits per heavy atom. The van der Waals surface area contributed by atoms with Gasteiger partial charge < -0.3 is 0 Å². The summed E-state index contributed by atoms with van der Waals surface area (Å²) in [5.74, 6) is 0. The van der Waals surface area contributed by atoms with E-state index >= 15 is 0 Å². The molecule has 2 heterocycles. The molecule has 0 spiro atoms. The maximum absolute atomic E-state index is 13.1. The van der Waals surface area contributed by atoms with Crippen molar-refractivity contribution in [3.05, 3.63) is 72.8 Å². The number of H-pyrrole nitrogens is 1. The molecule has 7 nitrogen and oxygen atoms in total. The summed E-state index contributed by atoms with van der Waals surface area (Å²) in [6.07, 6.45) is 4.48. The third-order valence-electron chi connectivity index (χ3n) is 5.11. The first-order chi connectivity index (χ1) is 14.1. The van der Waals surface area contributed by atoms with E-state index < -0.39 is 11.2 Å². The minimum absolute atomic E-state index is 0.197. The zero-order valence-electron chi connectivity index (χ0n) is 17.1. The van der Waals surface area contributed by atoms with Crippen LogP contribution in [0, 0.1) is 0 Å². The fourth-order valence-electron chi connectivity index (χ4n) is 3.46. The zero-order valence-corrected chi connectivity index (χ0v) is 17.1. The van der Waals surface area contributed by atoms with Gasteiger partial charge in [-0.1, -0.05) is 57.0 Å². The van der Waals surface area contributed by atoms with Crippen LogP contribution in [0.15, 0.2) is 44.7 Å². The van der Waals surface area contributed by atoms with Crippen LogP contribution in [-0.4, -0.2) is 19.1 Å². The molecule has 0 atom stereocenters. The van der Waals surface area contributed by atoms with Crippen molar-refractivity contribution in [2.24, 2.45) is 0 Å². The predicted octanol–water partition coefficient (Wildman–Crippen LogP) is 2.63. The highest BCUT2D eigenvalue weighted by Gasteiger charge is 2.17. The Morgan fingerprint density at radius 1 is 0.897 bits per heavy atom. The van der Waals surface area contributed by atoms with E-state index in [-0.39, 0.29) is 11.1 Å². The van der Waals surface area contributed by atoms with Crippen molar-refractivity contribution < 1.29 is 0 Å². The summed E-state index contributed by atoms with van der Waals surface area (Å²) >= 11 is 0. The van der Waals surface area contributed by atoms with Gasteiger partial charge in [0.05, 0.1) is 0 Å². The lowest BCUT2D eigenvalue weighted by Crippen LogP contribution is -2.37. The van der Waals surface area contributed by atoms with Crippen molar-refractivity contribution in [2.75, 3.05) is 0 Å². The Labute approximate surface area is 169 Å². The Morgan fingerprint density at radius 3 is 2.21 bits per heavy atom. The van der Waals surface area contributed by atoms with Gasteiger partial charge in [-0.05, 0) is 31.2 Å². The average Bonchev–Trinajstić information content (AvgIpc) is 2.72. The minimum Gasteiger partial charge on any atom is -0.299 e. The van der Waals surface area contributed by atoms with E-state index in [0.29, 0.717) is 37.3 Å². The van der Waals surface area contributed by atoms with Gasteiger partial charge in [0.2, 0.25) is 0 Å². The van der Waals surface area contributed by atoms with Gasteiger partial charge in [0.25, 0.3) is 11.1 Å². The molecule has 154 valence electrons. The second-order valence-electron chi connectivity index (χ2n) is 7.29. The second-order valence-corrected chi connectivity index (χ2v) is 7.29. The van der Waals surface area contributed by atoms with Crippen LogP contribution >= 0.6 is 0 Å². The maximum Gasteiger partial charge on any atom is 0.330 e. The molecule has 0 aliphatic rings. The third-order valence-corrected chi connectivity index (χ3v) is 5.11. The molecule has 0 aliphatic heterocycles. The lowest BCUT2D eigenvalue weighted by atomic mass is 10.1. The summed E-state index contributed by atoms with van der Waals surface area (Å²) in [6, 6.07) is 9.90. The van der Waals surface area contributed by atoms with Crippen molar-refractivity contribution >= 4 is 11.2 Å². The molecule has 1 N–H and O–H groups in total. The summed E-state index contributed by atoms with van der Waals surface area (Å²) in [5.41, 5.74) is 0.753. The number of nitrogens with zero attached hydrogens (tertiary/aromatic N) is 3. The Hall–Kier alpha value is -2.96. The first kappa shape index (κ1) is 20.8. The fourth-order valence-corrected chi connectivity index (χ4v) is 3.46. The van der Waals surface area contributed by atoms with Crippen molar-refractivity contribution in [1.82, 2.24) is 19.1 Å². The highest BCUT2D eigenvalue weighted by atomic mass is 16.2. The number of fused-ring (bicyclic) bond motifs is 1. The maximum atomic E-state index is 13.1. The molecule has 0 amide bonds. The SMILES string of the molecule is CCCCn1c(=O)[nH]c(=O)c2c1nc(CCc1ccccc1)c(=O)n2CCCC. The summed E-state index contributed by atoms with van der Waals surface area (Å²) in [4.78, 5) is 45.1. The molecule has 0 bridgehead atoms. The highest BCUT2D eigenvalue weighted by molar-refractivity contribution is 5.69. The van der Waals surface area contributed by atoms with Crippen LogP contribution in [0.25, 0.3) is 11.2 Å². The number of hydrogen-bond acceptors (Lipinski definition) is 4. The van der Waals surface area contributed by atoms with E-state index in [1.165, 1.54) is 9.13 Å². The number of rotatable bonds is 9. The quantitative estimate of drug-likeness (QED) is 0.602. The number of aryl methyl sites for hydroxylation is 4. The number of unbranched alkanes of at least 4 members (excludes halogenated alkanes) is 2. The summed E-state index contributed by atoms with van der Waals surface area (Å²) in [5, 5.41) is 0. The number of nitrogens with one attached hydrogen (secondary N) is 1. The fraction of sp³-hybridized carbons (Fsp3) is 0.455. The van der Waals surface area contributed by atoms with Crippen molar-refractivity contribution in [3.63, 3.8) is 0 Å². The van der Waals surface area contributed by atoms with Gasteiger partial charge >= 0.3 is 5.69 Å². The van der Waals surface area contributed by atoms with Crippen LogP contribution < -0.4 is 16.8 Å². The molecule has 2 aromatic heterocycles. The topological polar surface area (TPSA) is 89.8 Å². The van der Waals surface area contributed by atoms with Gasteiger partial charge in [-0.2, -0.15) is 0 Å². The van der Waals surface area contributed by atoms with Crippen LogP contribution in [-0.2, 0) is 25.9 Å². The smallest absolute Gasteiger partial charge is 0.299 e. The minimum atomic E-state index is -0.548. The van der Waals surface area contributed by atoms with E-state index in [4.69, 9.17) is 0 Å². The van der Waals surface area contributed by atoms with Gasteiger partial charge in [-0.25, -0.2) is 9.78 Å². The lowest BCUT2D eigenvalue weighted by molar-refractivity contribution is 0.589. The lowest BCUT2D eigenvalue weighted by Gasteiger charge is -2.14. The summed E-state index contributed by atoms with van der Waals surface area (Å²) in [7, 11) is 0. The second kappa shape index (κ2) is 9.49. The molecule has 3 rings (SSSR count). The Balaban J connectivity index is 2.17. The third kappa shape index (κ3) is 4.55. The molecular weight excluding hydrogens is 368 g/mol. The molecule has 0 unspecified atom stereocenters. The van der Waals surface area contributed by atoms with Gasteiger partial charge in [0.1, 0.15) is 5.69 Å². The standard InChI is InChI=1S/C22H28N4O3/c1-3-5-14-25-18-19(26(15-6-4-2)22(29)24-20(18)27)23-17(21(25)28)13-12-16-10-8-7-9-11-16/h7-11H,3-6,12-15H2,1-2H3,(H,24,27,29). The first-order valence-electron chi connectivity index (χ1n) is 10.4. The van der Waals surface area contributed by atoms with Crippen molar-refractivity contribution in [2.45, 2.75) is 65.5 Å². The molecule has 3 aromatic rings. The summed E-state index contributed by atoms with van der Waals surface area (Å²) < 4.78 is 3.00. The predicted molar refractivity (Wildman–Crippen MR) is 115 cm³/mol. The molecule has 0 radical (unpaired) electrons. The van der Waals surface area contributed by atoms with Gasteiger partial charge in [0, 0.05) is 13.1 Å². The average molecular weight is 396 g/mol. The monoisotopic (exact) mass is 396 g/mol. The molecule has 29 heavy (non-hydrogen) atoms. The van der Waals surface area contributed by atoms with Gasteiger partial charge in [-0.3, -0.25) is 23.7 Å². The van der Waals surface area contributed by atoms with Crippen molar-refractivity contribution in [3.8, 4) is 0 Å². The van der Waals surface area contributed by atoms with E-state index in [1.54, 1.807) is 0 Å². The van der Waals surface area contributed by atoms with E-state index in [0.717, 1.165) is 31.2 Å². The molecule has 0 saturated carbocycles. The zero-order chi connectivity index (χ0) is 20.8. The molecule has 1 aromatic carbocycles. The van der Waals surface area contributed by atoms with E-state index in [2.05, 4.69) is 9.97 Å². The molecule has 7 heteroatoms. The van der Waals surface area contributed by atoms with Crippen LogP contribution in [0.2, 0.25) is 0 Å². The van der Waals surface area contributed by atoms with E-state index in [1.807, 2.05) is 44.2 Å².